The van der Waals surface area contributed by atoms with Crippen LogP contribution in [0.2, 0.25) is 0 Å². The molecule has 5 nitrogen and oxygen atoms in total. The Morgan fingerprint density at radius 3 is 2.62 bits per heavy atom. The fourth-order valence-electron chi connectivity index (χ4n) is 3.00. The van der Waals surface area contributed by atoms with Gasteiger partial charge in [0.1, 0.15) is 0 Å². The lowest BCUT2D eigenvalue weighted by molar-refractivity contribution is -0.120. The summed E-state index contributed by atoms with van der Waals surface area (Å²) >= 11 is 5.04. The van der Waals surface area contributed by atoms with Crippen molar-refractivity contribution in [1.82, 2.24) is 16.2 Å². The number of benzene rings is 1. The summed E-state index contributed by atoms with van der Waals surface area (Å²) in [7, 11) is 0. The van der Waals surface area contributed by atoms with E-state index in [4.69, 9.17) is 12.2 Å². The van der Waals surface area contributed by atoms with E-state index in [1.165, 1.54) is 32.1 Å². The first-order valence-electron chi connectivity index (χ1n) is 8.51. The van der Waals surface area contributed by atoms with Crippen LogP contribution in [0.1, 0.15) is 60.9 Å². The van der Waals surface area contributed by atoms with Crippen molar-refractivity contribution in [3.8, 4) is 0 Å². The van der Waals surface area contributed by atoms with E-state index < -0.39 is 0 Å². The molecular weight excluding hydrogens is 322 g/mol. The second kappa shape index (κ2) is 9.37. The van der Waals surface area contributed by atoms with Gasteiger partial charge in [-0.15, -0.1) is 0 Å². The maximum Gasteiger partial charge on any atom is 0.269 e. The third kappa shape index (κ3) is 6.28. The van der Waals surface area contributed by atoms with Crippen molar-refractivity contribution >= 4 is 29.1 Å². The van der Waals surface area contributed by atoms with Crippen LogP contribution in [0, 0.1) is 12.8 Å². The van der Waals surface area contributed by atoms with Gasteiger partial charge in [-0.1, -0.05) is 49.8 Å². The Bertz CT molecular complexity index is 598. The van der Waals surface area contributed by atoms with Crippen LogP contribution in [0.15, 0.2) is 24.3 Å². The van der Waals surface area contributed by atoms with Crippen LogP contribution in [-0.2, 0) is 4.79 Å². The molecule has 0 aliphatic heterocycles. The highest BCUT2D eigenvalue weighted by molar-refractivity contribution is 7.80. The zero-order chi connectivity index (χ0) is 17.4. The summed E-state index contributed by atoms with van der Waals surface area (Å²) in [6.45, 7) is 1.92. The smallest absolute Gasteiger partial charge is 0.269 e. The van der Waals surface area contributed by atoms with E-state index >= 15 is 0 Å². The van der Waals surface area contributed by atoms with Gasteiger partial charge in [0.05, 0.1) is 0 Å². The summed E-state index contributed by atoms with van der Waals surface area (Å²) in [5.74, 6) is 0.257. The summed E-state index contributed by atoms with van der Waals surface area (Å²) in [6, 6.07) is 7.23. The predicted octanol–water partition coefficient (Wildman–Crippen LogP) is 2.99. The maximum absolute atomic E-state index is 12.0. The minimum absolute atomic E-state index is 0.108. The highest BCUT2D eigenvalue weighted by Crippen LogP contribution is 2.27. The molecule has 1 aromatic rings. The van der Waals surface area contributed by atoms with Crippen molar-refractivity contribution in [2.24, 2.45) is 5.92 Å². The van der Waals surface area contributed by atoms with Crippen LogP contribution < -0.4 is 16.2 Å². The molecule has 24 heavy (non-hydrogen) atoms. The van der Waals surface area contributed by atoms with Gasteiger partial charge in [0.25, 0.3) is 5.91 Å². The molecule has 0 spiro atoms. The van der Waals surface area contributed by atoms with Gasteiger partial charge in [-0.2, -0.15) is 0 Å². The van der Waals surface area contributed by atoms with Crippen LogP contribution >= 0.6 is 12.2 Å². The molecule has 1 fully saturated rings. The topological polar surface area (TPSA) is 70.2 Å². The van der Waals surface area contributed by atoms with Gasteiger partial charge in [0.15, 0.2) is 5.11 Å². The third-order valence-electron chi connectivity index (χ3n) is 4.33. The number of carbonyl (C=O) groups is 2. The van der Waals surface area contributed by atoms with Crippen molar-refractivity contribution in [3.63, 3.8) is 0 Å². The van der Waals surface area contributed by atoms with E-state index in [2.05, 4.69) is 16.2 Å². The zero-order valence-electron chi connectivity index (χ0n) is 14.1. The minimum Gasteiger partial charge on any atom is -0.302 e. The van der Waals surface area contributed by atoms with E-state index in [1.54, 1.807) is 12.1 Å². The summed E-state index contributed by atoms with van der Waals surface area (Å²) in [5, 5.41) is 2.72. The molecule has 6 heteroatoms. The summed E-state index contributed by atoms with van der Waals surface area (Å²) in [4.78, 5) is 23.9. The summed E-state index contributed by atoms with van der Waals surface area (Å²) in [6.07, 6.45) is 7.69. The molecule has 1 aromatic carbocycles. The van der Waals surface area contributed by atoms with Gasteiger partial charge >= 0.3 is 0 Å². The van der Waals surface area contributed by atoms with Crippen LogP contribution in [-0.4, -0.2) is 16.9 Å². The zero-order valence-corrected chi connectivity index (χ0v) is 14.9. The lowest BCUT2D eigenvalue weighted by atomic mass is 9.86. The number of thiocarbonyl (C=S) groups is 1. The second-order valence-electron chi connectivity index (χ2n) is 6.37. The monoisotopic (exact) mass is 347 g/mol. The number of hydrogen-bond donors (Lipinski definition) is 3. The van der Waals surface area contributed by atoms with E-state index in [0.717, 1.165) is 12.0 Å². The fourth-order valence-corrected chi connectivity index (χ4v) is 3.17. The Morgan fingerprint density at radius 2 is 1.92 bits per heavy atom. The normalized spacial score (nSPS) is 14.7. The van der Waals surface area contributed by atoms with Gasteiger partial charge < -0.3 is 5.32 Å². The Hall–Kier alpha value is -1.95. The molecule has 0 bridgehead atoms. The van der Waals surface area contributed by atoms with Crippen LogP contribution in [0.25, 0.3) is 0 Å². The summed E-state index contributed by atoms with van der Waals surface area (Å²) < 4.78 is 0. The molecule has 1 aliphatic rings. The molecule has 1 saturated carbocycles. The lowest BCUT2D eigenvalue weighted by Crippen LogP contribution is -2.48. The Kier molecular flexibility index (Phi) is 7.18. The molecule has 0 aromatic heterocycles. The Balaban J connectivity index is 1.66. The predicted molar refractivity (Wildman–Crippen MR) is 98.3 cm³/mol. The van der Waals surface area contributed by atoms with Crippen molar-refractivity contribution in [2.45, 2.75) is 51.9 Å². The quantitative estimate of drug-likeness (QED) is 0.578. The van der Waals surface area contributed by atoms with E-state index in [1.807, 2.05) is 19.1 Å². The average molecular weight is 347 g/mol. The Morgan fingerprint density at radius 1 is 1.17 bits per heavy atom. The minimum atomic E-state index is -0.294. The molecule has 2 rings (SSSR count). The van der Waals surface area contributed by atoms with E-state index in [9.17, 15) is 9.59 Å². The van der Waals surface area contributed by atoms with Crippen LogP contribution in [0.4, 0.5) is 0 Å². The molecule has 2 amide bonds. The summed E-state index contributed by atoms with van der Waals surface area (Å²) in [5.41, 5.74) is 6.60. The van der Waals surface area contributed by atoms with Crippen molar-refractivity contribution in [2.75, 3.05) is 0 Å². The van der Waals surface area contributed by atoms with Crippen molar-refractivity contribution in [3.05, 3.63) is 35.4 Å². The molecule has 0 radical (unpaired) electrons. The third-order valence-corrected chi connectivity index (χ3v) is 4.53. The van der Waals surface area contributed by atoms with Gasteiger partial charge in [-0.25, -0.2) is 0 Å². The molecule has 0 heterocycles. The van der Waals surface area contributed by atoms with Gasteiger partial charge in [-0.05, 0) is 43.6 Å². The highest BCUT2D eigenvalue weighted by Gasteiger charge is 2.15. The first-order valence-corrected chi connectivity index (χ1v) is 8.92. The number of hydrogen-bond acceptors (Lipinski definition) is 3. The number of nitrogens with one attached hydrogen (secondary N) is 3. The van der Waals surface area contributed by atoms with Crippen LogP contribution in [0.3, 0.4) is 0 Å². The van der Waals surface area contributed by atoms with E-state index in [-0.39, 0.29) is 16.9 Å². The maximum atomic E-state index is 12.0. The standard InChI is InChI=1S/C18H25N3O2S/c1-13-6-5-9-15(12-13)17(23)20-21-18(24)19-16(22)11-10-14-7-3-2-4-8-14/h5-6,9,12,14H,2-4,7-8,10-11H2,1H3,(H,20,23)(H2,19,21,22,24). The number of aryl methyl sites for hydroxylation is 1. The first-order chi connectivity index (χ1) is 11.5. The first kappa shape index (κ1) is 18.4. The molecule has 0 unspecified atom stereocenters. The van der Waals surface area contributed by atoms with Crippen LogP contribution in [0.5, 0.6) is 0 Å². The molecule has 3 N–H and O–H groups in total. The second-order valence-corrected chi connectivity index (χ2v) is 6.78. The molecule has 0 atom stereocenters. The Labute approximate surface area is 148 Å². The van der Waals surface area contributed by atoms with Crippen molar-refractivity contribution in [1.29, 1.82) is 0 Å². The molecule has 130 valence electrons. The molecule has 1 aliphatic carbocycles. The largest absolute Gasteiger partial charge is 0.302 e. The number of rotatable bonds is 4. The fraction of sp³-hybridized carbons (Fsp3) is 0.500. The highest BCUT2D eigenvalue weighted by atomic mass is 32.1. The lowest BCUT2D eigenvalue weighted by Gasteiger charge is -2.21. The van der Waals surface area contributed by atoms with Gasteiger partial charge in [-0.3, -0.25) is 20.4 Å². The average Bonchev–Trinajstić information content (AvgIpc) is 2.59. The number of amides is 2. The SMILES string of the molecule is Cc1cccc(C(=O)NNC(=S)NC(=O)CCC2CCCCC2)c1. The van der Waals surface area contributed by atoms with Crippen molar-refractivity contribution < 1.29 is 9.59 Å². The van der Waals surface area contributed by atoms with Gasteiger partial charge in [0, 0.05) is 12.0 Å². The van der Waals surface area contributed by atoms with Gasteiger partial charge in [0.2, 0.25) is 5.91 Å². The molecule has 0 saturated heterocycles. The number of carbonyl (C=O) groups excluding carboxylic acids is 2. The number of hydrazine groups is 1. The molecular formula is C18H25N3O2S. The van der Waals surface area contributed by atoms with E-state index in [0.29, 0.717) is 17.9 Å².